The van der Waals surface area contributed by atoms with Gasteiger partial charge in [-0.2, -0.15) is 0 Å². The van der Waals surface area contributed by atoms with Gasteiger partial charge in [0.25, 0.3) is 0 Å². The summed E-state index contributed by atoms with van der Waals surface area (Å²) in [7, 11) is 0. The average molecular weight is 263 g/mol. The highest BCUT2D eigenvalue weighted by molar-refractivity contribution is 6.06. The zero-order valence-corrected chi connectivity index (χ0v) is 11.5. The quantitative estimate of drug-likeness (QED) is 0.897. The Morgan fingerprint density at radius 2 is 1.85 bits per heavy atom. The lowest BCUT2D eigenvalue weighted by atomic mass is 9.78. The maximum absolute atomic E-state index is 12.4. The maximum atomic E-state index is 12.4. The lowest BCUT2D eigenvalue weighted by Gasteiger charge is -2.22. The van der Waals surface area contributed by atoms with E-state index >= 15 is 0 Å². The molecule has 1 N–H and O–H groups in total. The molecule has 0 saturated carbocycles. The van der Waals surface area contributed by atoms with Crippen molar-refractivity contribution in [1.82, 2.24) is 0 Å². The minimum atomic E-state index is -0.494. The van der Waals surface area contributed by atoms with Gasteiger partial charge >= 0.3 is 0 Å². The number of anilines is 1. The van der Waals surface area contributed by atoms with Crippen LogP contribution >= 0.6 is 0 Å². The lowest BCUT2D eigenvalue weighted by molar-refractivity contribution is -0.120. The number of fused-ring (bicyclic) bond motifs is 1. The highest BCUT2D eigenvalue weighted by Crippen LogP contribution is 2.39. The molecule has 0 bridgehead atoms. The monoisotopic (exact) mass is 263 g/mol. The molecule has 2 nitrogen and oxygen atoms in total. The molecule has 1 aliphatic rings. The summed E-state index contributed by atoms with van der Waals surface area (Å²) in [4.78, 5) is 12.4. The number of hydrogen-bond acceptors (Lipinski definition) is 1. The number of nitrogens with one attached hydrogen (secondary N) is 1. The third-order valence-electron chi connectivity index (χ3n) is 4.04. The highest BCUT2D eigenvalue weighted by Gasteiger charge is 2.42. The first kappa shape index (κ1) is 12.7. The van der Waals surface area contributed by atoms with Gasteiger partial charge in [0.15, 0.2) is 0 Å². The predicted molar refractivity (Wildman–Crippen MR) is 82.7 cm³/mol. The summed E-state index contributed by atoms with van der Waals surface area (Å²) in [6, 6.07) is 16.1. The van der Waals surface area contributed by atoms with E-state index in [9.17, 15) is 4.79 Å². The van der Waals surface area contributed by atoms with E-state index < -0.39 is 5.41 Å². The molecule has 2 aromatic carbocycles. The van der Waals surface area contributed by atoms with Crippen molar-refractivity contribution in [3.05, 3.63) is 71.8 Å². The van der Waals surface area contributed by atoms with E-state index in [0.717, 1.165) is 22.4 Å². The number of amides is 1. The van der Waals surface area contributed by atoms with Gasteiger partial charge in [0.05, 0.1) is 5.41 Å². The first-order valence-electron chi connectivity index (χ1n) is 6.76. The zero-order valence-electron chi connectivity index (χ0n) is 11.5. The molecule has 1 amide bonds. The molecule has 1 heterocycles. The summed E-state index contributed by atoms with van der Waals surface area (Å²) in [6.07, 6.45) is 2.52. The van der Waals surface area contributed by atoms with Crippen LogP contribution in [0.15, 0.2) is 55.1 Å². The Bertz CT molecular complexity index is 672. The summed E-state index contributed by atoms with van der Waals surface area (Å²) >= 11 is 0. The summed E-state index contributed by atoms with van der Waals surface area (Å²) in [5, 5.41) is 2.98. The van der Waals surface area contributed by atoms with E-state index in [1.807, 2.05) is 49.4 Å². The molecule has 3 rings (SSSR count). The van der Waals surface area contributed by atoms with Crippen molar-refractivity contribution in [3.8, 4) is 0 Å². The first-order valence-corrected chi connectivity index (χ1v) is 6.76. The predicted octanol–water partition coefficient (Wildman–Crippen LogP) is 3.78. The van der Waals surface area contributed by atoms with Crippen LogP contribution in [0, 0.1) is 0 Å². The third-order valence-corrected chi connectivity index (χ3v) is 4.04. The molecule has 0 aromatic heterocycles. The molecule has 20 heavy (non-hydrogen) atoms. The van der Waals surface area contributed by atoms with Gasteiger partial charge in [-0.3, -0.25) is 4.79 Å². The fraction of sp³-hybridized carbons (Fsp3) is 0.167. The normalized spacial score (nSPS) is 20.4. The molecular weight excluding hydrogens is 246 g/mol. The smallest absolute Gasteiger partial charge is 0.235 e. The molecule has 0 spiro atoms. The fourth-order valence-corrected chi connectivity index (χ4v) is 2.81. The van der Waals surface area contributed by atoms with E-state index in [-0.39, 0.29) is 5.91 Å². The number of para-hydroxylation sites is 1. The number of carbonyl (C=O) groups excluding carboxylic acids is 1. The summed E-state index contributed by atoms with van der Waals surface area (Å²) in [5.74, 6) is 0.0755. The number of hydrogen-bond donors (Lipinski definition) is 1. The number of carbonyl (C=O) groups is 1. The van der Waals surface area contributed by atoms with Crippen molar-refractivity contribution < 1.29 is 4.79 Å². The van der Waals surface area contributed by atoms with Gasteiger partial charge in [-0.05, 0) is 36.1 Å². The van der Waals surface area contributed by atoms with Gasteiger partial charge in [-0.1, -0.05) is 55.1 Å². The zero-order chi connectivity index (χ0) is 14.2. The Kier molecular flexibility index (Phi) is 2.94. The molecule has 0 saturated heterocycles. The maximum Gasteiger partial charge on any atom is 0.235 e. The molecular formula is C18H17NO. The van der Waals surface area contributed by atoms with Crippen molar-refractivity contribution in [2.24, 2.45) is 0 Å². The average Bonchev–Trinajstić information content (AvgIpc) is 2.72. The van der Waals surface area contributed by atoms with Crippen LogP contribution in [0.25, 0.3) is 6.08 Å². The topological polar surface area (TPSA) is 29.1 Å². The molecule has 1 unspecified atom stereocenters. The lowest BCUT2D eigenvalue weighted by Crippen LogP contribution is -2.33. The van der Waals surface area contributed by atoms with E-state index in [1.165, 1.54) is 0 Å². The van der Waals surface area contributed by atoms with Crippen LogP contribution in [-0.2, 0) is 16.6 Å². The SMILES string of the molecule is C=Cc1ccc(CC2(C)C(=O)Nc3ccccc32)cc1. The van der Waals surface area contributed by atoms with Crippen LogP contribution in [0.3, 0.4) is 0 Å². The molecule has 1 atom stereocenters. The molecule has 2 heteroatoms. The van der Waals surface area contributed by atoms with Crippen LogP contribution < -0.4 is 5.32 Å². The van der Waals surface area contributed by atoms with E-state index in [1.54, 1.807) is 0 Å². The Morgan fingerprint density at radius 1 is 1.15 bits per heavy atom. The Hall–Kier alpha value is -2.35. The van der Waals surface area contributed by atoms with Crippen LogP contribution in [0.2, 0.25) is 0 Å². The molecule has 2 aromatic rings. The van der Waals surface area contributed by atoms with E-state index in [4.69, 9.17) is 0 Å². The van der Waals surface area contributed by atoms with Gasteiger partial charge in [-0.15, -0.1) is 0 Å². The van der Waals surface area contributed by atoms with E-state index in [0.29, 0.717) is 6.42 Å². The second kappa shape index (κ2) is 4.64. The van der Waals surface area contributed by atoms with Crippen molar-refractivity contribution in [2.75, 3.05) is 5.32 Å². The molecule has 0 fully saturated rings. The van der Waals surface area contributed by atoms with Crippen molar-refractivity contribution in [3.63, 3.8) is 0 Å². The Balaban J connectivity index is 1.96. The first-order chi connectivity index (χ1) is 9.63. The summed E-state index contributed by atoms with van der Waals surface area (Å²) in [5.41, 5.74) is 3.77. The Labute approximate surface area is 119 Å². The van der Waals surface area contributed by atoms with Crippen molar-refractivity contribution >= 4 is 17.7 Å². The third kappa shape index (κ3) is 1.94. The van der Waals surface area contributed by atoms with Gasteiger partial charge in [0, 0.05) is 5.69 Å². The summed E-state index contributed by atoms with van der Waals surface area (Å²) in [6.45, 7) is 5.76. The van der Waals surface area contributed by atoms with Crippen molar-refractivity contribution in [2.45, 2.75) is 18.8 Å². The van der Waals surface area contributed by atoms with Crippen LogP contribution in [0.4, 0.5) is 5.69 Å². The second-order valence-corrected chi connectivity index (χ2v) is 5.45. The molecule has 0 aliphatic carbocycles. The Morgan fingerprint density at radius 3 is 2.55 bits per heavy atom. The summed E-state index contributed by atoms with van der Waals surface area (Å²) < 4.78 is 0. The molecule has 100 valence electrons. The van der Waals surface area contributed by atoms with Gasteiger partial charge in [0.2, 0.25) is 5.91 Å². The largest absolute Gasteiger partial charge is 0.325 e. The molecule has 0 radical (unpaired) electrons. The van der Waals surface area contributed by atoms with Crippen LogP contribution in [-0.4, -0.2) is 5.91 Å². The number of benzene rings is 2. The van der Waals surface area contributed by atoms with Gasteiger partial charge in [0.1, 0.15) is 0 Å². The highest BCUT2D eigenvalue weighted by atomic mass is 16.2. The van der Waals surface area contributed by atoms with Crippen LogP contribution in [0.1, 0.15) is 23.6 Å². The van der Waals surface area contributed by atoms with Crippen LogP contribution in [0.5, 0.6) is 0 Å². The standard InChI is InChI=1S/C18H17NO/c1-3-13-8-10-14(11-9-13)12-18(2)15-6-4-5-7-16(15)19-17(18)20/h3-11H,1,12H2,2H3,(H,19,20). The fourth-order valence-electron chi connectivity index (χ4n) is 2.81. The number of rotatable bonds is 3. The molecule has 1 aliphatic heterocycles. The second-order valence-electron chi connectivity index (χ2n) is 5.45. The van der Waals surface area contributed by atoms with E-state index in [2.05, 4.69) is 24.0 Å². The van der Waals surface area contributed by atoms with Crippen molar-refractivity contribution in [1.29, 1.82) is 0 Å². The van der Waals surface area contributed by atoms with Gasteiger partial charge in [-0.25, -0.2) is 0 Å². The van der Waals surface area contributed by atoms with Gasteiger partial charge < -0.3 is 5.32 Å². The minimum Gasteiger partial charge on any atom is -0.325 e. The minimum absolute atomic E-state index is 0.0755.